The molecule has 20 heavy (non-hydrogen) atoms. The average Bonchev–Trinajstić information content (AvgIpc) is 2.40. The number of nitrogens with zero attached hydrogens (tertiary/aromatic N) is 1. The molecule has 5 heteroatoms. The lowest BCUT2D eigenvalue weighted by molar-refractivity contribution is -0.144. The Hall–Kier alpha value is -2.48. The summed E-state index contributed by atoms with van der Waals surface area (Å²) in [6, 6.07) is 7.45. The van der Waals surface area contributed by atoms with Gasteiger partial charge in [-0.05, 0) is 19.1 Å². The van der Waals surface area contributed by atoms with E-state index in [1.165, 1.54) is 0 Å². The van der Waals surface area contributed by atoms with Crippen molar-refractivity contribution in [2.45, 2.75) is 13.3 Å². The summed E-state index contributed by atoms with van der Waals surface area (Å²) in [5.41, 5.74) is 1.12. The van der Waals surface area contributed by atoms with Crippen molar-refractivity contribution >= 4 is 11.9 Å². The number of carbonyl (C=O) groups excluding carboxylic acids is 1. The predicted molar refractivity (Wildman–Crippen MR) is 74.3 cm³/mol. The minimum Gasteiger partial charge on any atom is -0.493 e. The van der Waals surface area contributed by atoms with Gasteiger partial charge in [-0.3, -0.25) is 9.59 Å². The molecule has 0 unspecified atom stereocenters. The molecule has 0 heterocycles. The van der Waals surface area contributed by atoms with Gasteiger partial charge in [-0.1, -0.05) is 23.6 Å². The predicted octanol–water partition coefficient (Wildman–Crippen LogP) is 1.31. The van der Waals surface area contributed by atoms with E-state index in [0.29, 0.717) is 5.75 Å². The van der Waals surface area contributed by atoms with Gasteiger partial charge in [0.15, 0.2) is 0 Å². The number of hydrogen-bond donors (Lipinski definition) is 1. The van der Waals surface area contributed by atoms with Crippen molar-refractivity contribution in [1.82, 2.24) is 4.90 Å². The molecular weight excluding hydrogens is 258 g/mol. The fourth-order valence-electron chi connectivity index (χ4n) is 1.55. The number of rotatable bonds is 7. The van der Waals surface area contributed by atoms with Crippen LogP contribution in [0.2, 0.25) is 0 Å². The second-order valence-corrected chi connectivity index (χ2v) is 4.26. The van der Waals surface area contributed by atoms with Gasteiger partial charge in [0.25, 0.3) is 0 Å². The summed E-state index contributed by atoms with van der Waals surface area (Å²) < 4.78 is 5.42. The molecule has 0 aliphatic carbocycles. The molecule has 1 rings (SSSR count). The van der Waals surface area contributed by atoms with Crippen molar-refractivity contribution < 1.29 is 19.4 Å². The Morgan fingerprint density at radius 2 is 2.00 bits per heavy atom. The molecule has 0 saturated carbocycles. The number of carbonyl (C=O) groups is 2. The Bertz CT molecular complexity index is 502. The molecule has 0 aromatic heterocycles. The summed E-state index contributed by atoms with van der Waals surface area (Å²) in [5, 5.41) is 8.70. The van der Waals surface area contributed by atoms with Gasteiger partial charge in [0.1, 0.15) is 12.3 Å². The number of benzene rings is 1. The van der Waals surface area contributed by atoms with Gasteiger partial charge in [-0.25, -0.2) is 0 Å². The smallest absolute Gasteiger partial charge is 0.323 e. The van der Waals surface area contributed by atoms with Crippen LogP contribution >= 0.6 is 0 Å². The first kappa shape index (κ1) is 15.6. The van der Waals surface area contributed by atoms with E-state index >= 15 is 0 Å². The average molecular weight is 275 g/mol. The highest BCUT2D eigenvalue weighted by molar-refractivity contribution is 5.81. The topological polar surface area (TPSA) is 66.8 Å². The summed E-state index contributed by atoms with van der Waals surface area (Å²) in [7, 11) is 0. The number of ether oxygens (including phenoxy) is 1. The van der Waals surface area contributed by atoms with Crippen molar-refractivity contribution in [3.8, 4) is 18.1 Å². The third kappa shape index (κ3) is 5.44. The van der Waals surface area contributed by atoms with Gasteiger partial charge >= 0.3 is 5.97 Å². The quantitative estimate of drug-likeness (QED) is 0.762. The Labute approximate surface area is 118 Å². The summed E-state index contributed by atoms with van der Waals surface area (Å²) in [5.74, 6) is 1.52. The lowest BCUT2D eigenvalue weighted by atomic mass is 10.2. The maximum absolute atomic E-state index is 11.8. The van der Waals surface area contributed by atoms with E-state index in [2.05, 4.69) is 5.92 Å². The van der Waals surface area contributed by atoms with Gasteiger partial charge in [-0.2, -0.15) is 0 Å². The van der Waals surface area contributed by atoms with Crippen molar-refractivity contribution in [3.63, 3.8) is 0 Å². The van der Waals surface area contributed by atoms with Crippen LogP contribution in [-0.4, -0.2) is 41.6 Å². The molecule has 0 aliphatic heterocycles. The number of terminal acetylenes is 1. The summed E-state index contributed by atoms with van der Waals surface area (Å²) in [4.78, 5) is 23.5. The van der Waals surface area contributed by atoms with E-state index in [9.17, 15) is 9.59 Å². The van der Waals surface area contributed by atoms with Crippen molar-refractivity contribution in [1.29, 1.82) is 0 Å². The van der Waals surface area contributed by atoms with Crippen molar-refractivity contribution in [3.05, 3.63) is 29.8 Å². The Balaban J connectivity index is 2.42. The summed E-state index contributed by atoms with van der Waals surface area (Å²) >= 11 is 0. The van der Waals surface area contributed by atoms with Gasteiger partial charge in [0.2, 0.25) is 5.91 Å². The number of amides is 1. The molecule has 5 nitrogen and oxygen atoms in total. The second-order valence-electron chi connectivity index (χ2n) is 4.26. The van der Waals surface area contributed by atoms with E-state index in [-0.39, 0.29) is 25.5 Å². The lowest BCUT2D eigenvalue weighted by Crippen LogP contribution is -2.36. The van der Waals surface area contributed by atoms with Gasteiger partial charge < -0.3 is 14.7 Å². The first-order chi connectivity index (χ1) is 9.52. The van der Waals surface area contributed by atoms with E-state index < -0.39 is 12.5 Å². The number of carboxylic acids is 1. The highest BCUT2D eigenvalue weighted by Gasteiger charge is 2.15. The van der Waals surface area contributed by atoms with Crippen LogP contribution in [0.5, 0.6) is 5.75 Å². The molecule has 0 aliphatic rings. The van der Waals surface area contributed by atoms with E-state index in [4.69, 9.17) is 16.3 Å². The van der Waals surface area contributed by atoms with Crippen molar-refractivity contribution in [2.24, 2.45) is 0 Å². The van der Waals surface area contributed by atoms with Crippen LogP contribution in [0.15, 0.2) is 24.3 Å². The molecule has 0 spiro atoms. The zero-order chi connectivity index (χ0) is 15.0. The first-order valence-corrected chi connectivity index (χ1v) is 6.15. The fourth-order valence-corrected chi connectivity index (χ4v) is 1.55. The fraction of sp³-hybridized carbons (Fsp3) is 0.333. The van der Waals surface area contributed by atoms with Crippen LogP contribution in [-0.2, 0) is 9.59 Å². The van der Waals surface area contributed by atoms with Crippen LogP contribution in [0, 0.1) is 19.3 Å². The highest BCUT2D eigenvalue weighted by atomic mass is 16.5. The van der Waals surface area contributed by atoms with E-state index in [0.717, 1.165) is 10.5 Å². The number of hydrogen-bond acceptors (Lipinski definition) is 3. The zero-order valence-electron chi connectivity index (χ0n) is 11.3. The lowest BCUT2D eigenvalue weighted by Gasteiger charge is -2.17. The van der Waals surface area contributed by atoms with Crippen LogP contribution in [0.1, 0.15) is 12.0 Å². The largest absolute Gasteiger partial charge is 0.493 e. The molecule has 0 saturated heterocycles. The summed E-state index contributed by atoms with van der Waals surface area (Å²) in [6.07, 6.45) is 5.19. The highest BCUT2D eigenvalue weighted by Crippen LogP contribution is 2.11. The van der Waals surface area contributed by atoms with Gasteiger partial charge in [-0.15, -0.1) is 6.42 Å². The molecule has 106 valence electrons. The minimum absolute atomic E-state index is 0.0182. The Morgan fingerprint density at radius 1 is 1.35 bits per heavy atom. The van der Waals surface area contributed by atoms with E-state index in [1.807, 2.05) is 31.2 Å². The van der Waals surface area contributed by atoms with Crippen LogP contribution in [0.3, 0.4) is 0 Å². The third-order valence-corrected chi connectivity index (χ3v) is 2.57. The second kappa shape index (κ2) is 7.85. The Morgan fingerprint density at radius 3 is 2.55 bits per heavy atom. The molecule has 0 fully saturated rings. The molecule has 1 aromatic carbocycles. The minimum atomic E-state index is -1.09. The molecule has 1 amide bonds. The number of aryl methyl sites for hydroxylation is 1. The zero-order valence-corrected chi connectivity index (χ0v) is 11.3. The molecule has 1 aromatic rings. The monoisotopic (exact) mass is 275 g/mol. The molecule has 0 radical (unpaired) electrons. The standard InChI is InChI=1S/C15H17NO4/c1-3-9-16(11-15(18)19)14(17)8-10-20-13-6-4-12(2)5-7-13/h1,4-7H,8-11H2,2H3,(H,18,19). The molecule has 1 N–H and O–H groups in total. The normalized spacial score (nSPS) is 9.60. The number of aliphatic carboxylic acids is 1. The first-order valence-electron chi connectivity index (χ1n) is 6.15. The SMILES string of the molecule is C#CCN(CC(=O)O)C(=O)CCOc1ccc(C)cc1. The van der Waals surface area contributed by atoms with Gasteiger partial charge in [0, 0.05) is 0 Å². The van der Waals surface area contributed by atoms with Crippen LogP contribution in [0.25, 0.3) is 0 Å². The third-order valence-electron chi connectivity index (χ3n) is 2.57. The van der Waals surface area contributed by atoms with Gasteiger partial charge in [0.05, 0.1) is 19.6 Å². The maximum atomic E-state index is 11.8. The molecule has 0 bridgehead atoms. The van der Waals surface area contributed by atoms with E-state index in [1.54, 1.807) is 0 Å². The Kier molecular flexibility index (Phi) is 6.11. The summed E-state index contributed by atoms with van der Waals surface area (Å²) in [6.45, 7) is 1.74. The molecular formula is C15H17NO4. The maximum Gasteiger partial charge on any atom is 0.323 e. The number of carboxylic acid groups (broad SMARTS) is 1. The van der Waals surface area contributed by atoms with Crippen molar-refractivity contribution in [2.75, 3.05) is 19.7 Å². The molecule has 0 atom stereocenters. The van der Waals surface area contributed by atoms with Crippen LogP contribution < -0.4 is 4.74 Å². The van der Waals surface area contributed by atoms with Crippen LogP contribution in [0.4, 0.5) is 0 Å².